The average molecular weight is 225 g/mol. The van der Waals surface area contributed by atoms with Crippen molar-refractivity contribution in [1.82, 2.24) is 9.97 Å². The molecular formula is C10H19N5O. The summed E-state index contributed by atoms with van der Waals surface area (Å²) in [5.41, 5.74) is 10.9. The van der Waals surface area contributed by atoms with Crippen molar-refractivity contribution in [3.63, 3.8) is 0 Å². The molecule has 0 radical (unpaired) electrons. The predicted octanol–water partition coefficient (Wildman–Crippen LogP) is -0.944. The number of rotatable bonds is 6. The minimum absolute atomic E-state index is 0.138. The molecule has 1 heterocycles. The molecule has 0 fully saturated rings. The van der Waals surface area contributed by atoms with Gasteiger partial charge in [-0.3, -0.25) is 4.79 Å². The van der Waals surface area contributed by atoms with Gasteiger partial charge in [0.15, 0.2) is 0 Å². The van der Waals surface area contributed by atoms with Crippen molar-refractivity contribution >= 4 is 5.82 Å². The molecular weight excluding hydrogens is 206 g/mol. The number of aromatic nitrogens is 2. The third kappa shape index (κ3) is 3.32. The summed E-state index contributed by atoms with van der Waals surface area (Å²) in [6.45, 7) is 4.26. The largest absolute Gasteiger partial charge is 0.354 e. The summed E-state index contributed by atoms with van der Waals surface area (Å²) in [5.74, 6) is 1.33. The Morgan fingerprint density at radius 1 is 1.38 bits per heavy atom. The molecule has 0 aliphatic heterocycles. The van der Waals surface area contributed by atoms with Gasteiger partial charge in [0.05, 0.1) is 0 Å². The number of aryl methyl sites for hydroxylation is 1. The molecule has 0 amide bonds. The molecule has 0 atom stereocenters. The van der Waals surface area contributed by atoms with Crippen molar-refractivity contribution in [3.05, 3.63) is 22.2 Å². The number of hydrogen-bond donors (Lipinski definition) is 3. The van der Waals surface area contributed by atoms with Crippen LogP contribution in [0.25, 0.3) is 0 Å². The van der Waals surface area contributed by atoms with E-state index in [1.807, 2.05) is 11.8 Å². The quantitative estimate of drug-likeness (QED) is 0.580. The number of anilines is 1. The Bertz CT molecular complexity index is 370. The smallest absolute Gasteiger partial charge is 0.252 e. The van der Waals surface area contributed by atoms with E-state index in [-0.39, 0.29) is 5.56 Å². The number of nitrogens with one attached hydrogen (secondary N) is 1. The highest BCUT2D eigenvalue weighted by molar-refractivity contribution is 5.37. The third-order valence-corrected chi connectivity index (χ3v) is 2.23. The van der Waals surface area contributed by atoms with Gasteiger partial charge in [0.2, 0.25) is 0 Å². The molecule has 6 heteroatoms. The predicted molar refractivity (Wildman–Crippen MR) is 64.6 cm³/mol. The highest BCUT2D eigenvalue weighted by Crippen LogP contribution is 2.06. The van der Waals surface area contributed by atoms with Gasteiger partial charge in [0.25, 0.3) is 5.56 Å². The molecule has 0 aliphatic carbocycles. The molecule has 0 spiro atoms. The van der Waals surface area contributed by atoms with Gasteiger partial charge in [-0.25, -0.2) is 4.98 Å². The van der Waals surface area contributed by atoms with Crippen LogP contribution < -0.4 is 21.9 Å². The van der Waals surface area contributed by atoms with Crippen molar-refractivity contribution in [3.8, 4) is 0 Å². The van der Waals surface area contributed by atoms with Crippen LogP contribution in [0.1, 0.15) is 12.7 Å². The van der Waals surface area contributed by atoms with Crippen molar-refractivity contribution in [2.75, 3.05) is 31.1 Å². The molecule has 1 rings (SSSR count). The third-order valence-electron chi connectivity index (χ3n) is 2.23. The number of nitrogens with zero attached hydrogens (tertiary/aromatic N) is 2. The Balaban J connectivity index is 2.98. The first kappa shape index (κ1) is 12.7. The molecule has 0 unspecified atom stereocenters. The van der Waals surface area contributed by atoms with E-state index < -0.39 is 0 Å². The molecule has 0 aliphatic rings. The molecule has 0 aromatic carbocycles. The fraction of sp³-hybridized carbons (Fsp3) is 0.600. The van der Waals surface area contributed by atoms with Gasteiger partial charge in [0.1, 0.15) is 11.6 Å². The summed E-state index contributed by atoms with van der Waals surface area (Å²) in [5, 5.41) is 0. The van der Waals surface area contributed by atoms with Gasteiger partial charge >= 0.3 is 0 Å². The van der Waals surface area contributed by atoms with Crippen LogP contribution in [0.5, 0.6) is 0 Å². The van der Waals surface area contributed by atoms with Crippen molar-refractivity contribution in [2.45, 2.75) is 13.3 Å². The van der Waals surface area contributed by atoms with Gasteiger partial charge in [-0.05, 0) is 0 Å². The zero-order chi connectivity index (χ0) is 12.0. The first-order chi connectivity index (χ1) is 7.71. The lowest BCUT2D eigenvalue weighted by atomic mass is 10.4. The maximum absolute atomic E-state index is 11.4. The lowest BCUT2D eigenvalue weighted by Gasteiger charge is -2.22. The second kappa shape index (κ2) is 6.24. The van der Waals surface area contributed by atoms with Gasteiger partial charge in [-0.2, -0.15) is 0 Å². The number of nitrogens with two attached hydrogens (primary N) is 2. The highest BCUT2D eigenvalue weighted by atomic mass is 16.1. The van der Waals surface area contributed by atoms with Crippen molar-refractivity contribution in [2.24, 2.45) is 11.5 Å². The average Bonchev–Trinajstić information content (AvgIpc) is 2.28. The maximum Gasteiger partial charge on any atom is 0.252 e. The summed E-state index contributed by atoms with van der Waals surface area (Å²) < 4.78 is 0. The minimum Gasteiger partial charge on any atom is -0.354 e. The van der Waals surface area contributed by atoms with Crippen molar-refractivity contribution < 1.29 is 0 Å². The van der Waals surface area contributed by atoms with E-state index in [0.717, 1.165) is 0 Å². The summed E-state index contributed by atoms with van der Waals surface area (Å²) in [7, 11) is 0. The van der Waals surface area contributed by atoms with E-state index >= 15 is 0 Å². The fourth-order valence-corrected chi connectivity index (χ4v) is 1.48. The van der Waals surface area contributed by atoms with E-state index in [2.05, 4.69) is 9.97 Å². The first-order valence-corrected chi connectivity index (χ1v) is 5.46. The second-order valence-corrected chi connectivity index (χ2v) is 3.47. The number of aromatic amines is 1. The summed E-state index contributed by atoms with van der Waals surface area (Å²) in [6, 6.07) is 1.48. The van der Waals surface area contributed by atoms with Crippen LogP contribution in [0.2, 0.25) is 0 Å². The Kier molecular flexibility index (Phi) is 4.94. The van der Waals surface area contributed by atoms with Crippen LogP contribution in [0.3, 0.4) is 0 Å². The van der Waals surface area contributed by atoms with Crippen LogP contribution in [-0.4, -0.2) is 36.1 Å². The van der Waals surface area contributed by atoms with Gasteiger partial charge in [-0.15, -0.1) is 0 Å². The molecule has 6 nitrogen and oxygen atoms in total. The monoisotopic (exact) mass is 225 g/mol. The number of hydrogen-bond acceptors (Lipinski definition) is 5. The van der Waals surface area contributed by atoms with Gasteiger partial charge in [-0.1, -0.05) is 6.92 Å². The molecule has 0 bridgehead atoms. The van der Waals surface area contributed by atoms with Crippen LogP contribution in [-0.2, 0) is 6.42 Å². The summed E-state index contributed by atoms with van der Waals surface area (Å²) in [6.07, 6.45) is 0.697. The molecule has 1 aromatic heterocycles. The first-order valence-electron chi connectivity index (χ1n) is 5.46. The SMILES string of the molecule is CCc1nc(N(CCN)CCN)cc(=O)[nH]1. The van der Waals surface area contributed by atoms with E-state index in [0.29, 0.717) is 44.2 Å². The summed E-state index contributed by atoms with van der Waals surface area (Å²) >= 11 is 0. The second-order valence-electron chi connectivity index (χ2n) is 3.47. The maximum atomic E-state index is 11.4. The molecule has 1 aromatic rings. The Hall–Kier alpha value is -1.40. The van der Waals surface area contributed by atoms with E-state index in [9.17, 15) is 4.79 Å². The zero-order valence-corrected chi connectivity index (χ0v) is 9.57. The lowest BCUT2D eigenvalue weighted by Crippen LogP contribution is -2.35. The molecule has 90 valence electrons. The Morgan fingerprint density at radius 3 is 2.50 bits per heavy atom. The zero-order valence-electron chi connectivity index (χ0n) is 9.57. The normalized spacial score (nSPS) is 10.4. The lowest BCUT2D eigenvalue weighted by molar-refractivity contribution is 0.758. The minimum atomic E-state index is -0.138. The van der Waals surface area contributed by atoms with Crippen molar-refractivity contribution in [1.29, 1.82) is 0 Å². The van der Waals surface area contributed by atoms with E-state index in [4.69, 9.17) is 11.5 Å². The van der Waals surface area contributed by atoms with Crippen LogP contribution in [0.15, 0.2) is 10.9 Å². The molecule has 5 N–H and O–H groups in total. The topological polar surface area (TPSA) is 101 Å². The van der Waals surface area contributed by atoms with Crippen LogP contribution in [0.4, 0.5) is 5.82 Å². The van der Waals surface area contributed by atoms with Gasteiger partial charge in [0, 0.05) is 38.7 Å². The van der Waals surface area contributed by atoms with E-state index in [1.165, 1.54) is 6.07 Å². The van der Waals surface area contributed by atoms with E-state index in [1.54, 1.807) is 0 Å². The molecule has 16 heavy (non-hydrogen) atoms. The fourth-order valence-electron chi connectivity index (χ4n) is 1.48. The highest BCUT2D eigenvalue weighted by Gasteiger charge is 2.08. The van der Waals surface area contributed by atoms with Crippen LogP contribution in [0, 0.1) is 0 Å². The Labute approximate surface area is 94.7 Å². The van der Waals surface area contributed by atoms with Crippen LogP contribution >= 0.6 is 0 Å². The number of H-pyrrole nitrogens is 1. The molecule has 0 saturated heterocycles. The summed E-state index contributed by atoms with van der Waals surface area (Å²) in [4.78, 5) is 20.4. The standard InChI is InChI=1S/C10H19N5O/c1-2-8-13-9(7-10(16)14-8)15(5-3-11)6-4-12/h7H,2-6,11-12H2,1H3,(H,13,14,16). The molecule has 0 saturated carbocycles. The Morgan fingerprint density at radius 2 is 2.00 bits per heavy atom. The van der Waals surface area contributed by atoms with Gasteiger partial charge < -0.3 is 21.4 Å².